The minimum atomic E-state index is 0.0465. The van der Waals surface area contributed by atoms with Crippen LogP contribution >= 0.6 is 11.6 Å². The second-order valence-electron chi connectivity index (χ2n) is 6.37. The van der Waals surface area contributed by atoms with Crippen molar-refractivity contribution in [2.45, 2.75) is 13.3 Å². The number of halogens is 1. The van der Waals surface area contributed by atoms with Gasteiger partial charge in [-0.15, -0.1) is 0 Å². The molecule has 0 unspecified atom stereocenters. The van der Waals surface area contributed by atoms with Gasteiger partial charge in [0.15, 0.2) is 5.65 Å². The summed E-state index contributed by atoms with van der Waals surface area (Å²) >= 11 is 6.08. The number of benzene rings is 1. The predicted molar refractivity (Wildman–Crippen MR) is 99.3 cm³/mol. The third-order valence-electron chi connectivity index (χ3n) is 4.55. The lowest BCUT2D eigenvalue weighted by Gasteiger charge is -2.26. The molecule has 134 valence electrons. The SMILES string of the molecule is Cc1ccc(-c2nc3ccc(Cl)nn3c2CC(=O)N2CCOCC2)cc1. The highest BCUT2D eigenvalue weighted by Gasteiger charge is 2.23. The summed E-state index contributed by atoms with van der Waals surface area (Å²) in [5.41, 5.74) is 4.32. The molecule has 2 aromatic heterocycles. The van der Waals surface area contributed by atoms with E-state index in [1.165, 1.54) is 5.56 Å². The molecule has 0 spiro atoms. The molecule has 1 aliphatic rings. The van der Waals surface area contributed by atoms with Gasteiger partial charge in [0.05, 0.1) is 31.0 Å². The van der Waals surface area contributed by atoms with Gasteiger partial charge in [-0.25, -0.2) is 9.50 Å². The van der Waals surface area contributed by atoms with E-state index < -0.39 is 0 Å². The van der Waals surface area contributed by atoms with Crippen LogP contribution in [-0.2, 0) is 16.0 Å². The molecule has 7 heteroatoms. The summed E-state index contributed by atoms with van der Waals surface area (Å²) in [5, 5.41) is 4.73. The molecule has 26 heavy (non-hydrogen) atoms. The molecule has 0 N–H and O–H groups in total. The number of aromatic nitrogens is 3. The Bertz CT molecular complexity index is 946. The number of morpholine rings is 1. The number of rotatable bonds is 3. The Kier molecular flexibility index (Phi) is 4.61. The molecule has 4 rings (SSSR count). The number of nitrogens with zero attached hydrogens (tertiary/aromatic N) is 4. The summed E-state index contributed by atoms with van der Waals surface area (Å²) in [7, 11) is 0. The Balaban J connectivity index is 1.77. The molecule has 1 aliphatic heterocycles. The molecule has 1 fully saturated rings. The second kappa shape index (κ2) is 7.05. The molecular weight excluding hydrogens is 352 g/mol. The van der Waals surface area contributed by atoms with Crippen LogP contribution in [0, 0.1) is 6.92 Å². The number of imidazole rings is 1. The van der Waals surface area contributed by atoms with Gasteiger partial charge in [0.1, 0.15) is 5.15 Å². The van der Waals surface area contributed by atoms with Gasteiger partial charge in [-0.2, -0.15) is 5.10 Å². The van der Waals surface area contributed by atoms with E-state index in [1.807, 2.05) is 42.2 Å². The van der Waals surface area contributed by atoms with Gasteiger partial charge < -0.3 is 9.64 Å². The van der Waals surface area contributed by atoms with Gasteiger partial charge in [0, 0.05) is 18.7 Å². The number of hydrogen-bond donors (Lipinski definition) is 0. The number of ether oxygens (including phenoxy) is 1. The van der Waals surface area contributed by atoms with Crippen LogP contribution in [0.25, 0.3) is 16.9 Å². The molecule has 3 aromatic rings. The van der Waals surface area contributed by atoms with Crippen LogP contribution in [-0.4, -0.2) is 51.7 Å². The van der Waals surface area contributed by atoms with Crippen LogP contribution in [0.3, 0.4) is 0 Å². The standard InChI is InChI=1S/C19H19ClN4O2/c1-13-2-4-14(5-3-13)19-15(12-18(25)23-8-10-26-11-9-23)24-17(21-19)7-6-16(20)22-24/h2-7H,8-12H2,1H3. The molecule has 0 radical (unpaired) electrons. The van der Waals surface area contributed by atoms with E-state index in [2.05, 4.69) is 5.10 Å². The highest BCUT2D eigenvalue weighted by Crippen LogP contribution is 2.26. The molecule has 6 nitrogen and oxygen atoms in total. The lowest BCUT2D eigenvalue weighted by molar-refractivity contribution is -0.134. The minimum Gasteiger partial charge on any atom is -0.378 e. The average molecular weight is 371 g/mol. The van der Waals surface area contributed by atoms with Crippen molar-refractivity contribution in [3.8, 4) is 11.3 Å². The van der Waals surface area contributed by atoms with Gasteiger partial charge in [0.2, 0.25) is 5.91 Å². The molecule has 1 amide bonds. The summed E-state index contributed by atoms with van der Waals surface area (Å²) < 4.78 is 7.01. The molecule has 0 saturated carbocycles. The number of aryl methyl sites for hydroxylation is 1. The fraction of sp³-hybridized carbons (Fsp3) is 0.316. The smallest absolute Gasteiger partial charge is 0.228 e. The van der Waals surface area contributed by atoms with E-state index in [9.17, 15) is 4.79 Å². The van der Waals surface area contributed by atoms with Crippen LogP contribution in [0.1, 0.15) is 11.3 Å². The maximum absolute atomic E-state index is 12.8. The zero-order chi connectivity index (χ0) is 18.1. The summed E-state index contributed by atoms with van der Waals surface area (Å²) in [6.45, 7) is 4.42. The number of carbonyl (C=O) groups excluding carboxylic acids is 1. The quantitative estimate of drug-likeness (QED) is 0.711. The van der Waals surface area contributed by atoms with E-state index in [4.69, 9.17) is 21.3 Å². The first-order valence-electron chi connectivity index (χ1n) is 8.58. The zero-order valence-corrected chi connectivity index (χ0v) is 15.2. The van der Waals surface area contributed by atoms with E-state index in [1.54, 1.807) is 10.6 Å². The van der Waals surface area contributed by atoms with Gasteiger partial charge in [0.25, 0.3) is 0 Å². The lowest BCUT2D eigenvalue weighted by Crippen LogP contribution is -2.41. The highest BCUT2D eigenvalue weighted by molar-refractivity contribution is 6.29. The van der Waals surface area contributed by atoms with Crippen LogP contribution in [0.4, 0.5) is 0 Å². The maximum atomic E-state index is 12.8. The summed E-state index contributed by atoms with van der Waals surface area (Å²) in [5.74, 6) is 0.0465. The van der Waals surface area contributed by atoms with E-state index in [-0.39, 0.29) is 12.3 Å². The first kappa shape index (κ1) is 17.0. The predicted octanol–water partition coefficient (Wildman–Crippen LogP) is 2.76. The Morgan fingerprint density at radius 1 is 1.15 bits per heavy atom. The van der Waals surface area contributed by atoms with Crippen molar-refractivity contribution < 1.29 is 9.53 Å². The van der Waals surface area contributed by atoms with E-state index in [0.717, 1.165) is 17.0 Å². The van der Waals surface area contributed by atoms with Crippen LogP contribution < -0.4 is 0 Å². The summed E-state index contributed by atoms with van der Waals surface area (Å²) in [6, 6.07) is 11.6. The largest absolute Gasteiger partial charge is 0.378 e. The van der Waals surface area contributed by atoms with Gasteiger partial charge in [-0.05, 0) is 19.1 Å². The zero-order valence-electron chi connectivity index (χ0n) is 14.5. The number of fused-ring (bicyclic) bond motifs is 1. The van der Waals surface area contributed by atoms with Gasteiger partial charge >= 0.3 is 0 Å². The van der Waals surface area contributed by atoms with Crippen molar-refractivity contribution in [3.05, 3.63) is 52.8 Å². The van der Waals surface area contributed by atoms with Crippen LogP contribution in [0.15, 0.2) is 36.4 Å². The number of amides is 1. The molecule has 0 aliphatic carbocycles. The Morgan fingerprint density at radius 2 is 1.88 bits per heavy atom. The van der Waals surface area contributed by atoms with Crippen LogP contribution in [0.5, 0.6) is 0 Å². The third-order valence-corrected chi connectivity index (χ3v) is 4.75. The summed E-state index contributed by atoms with van der Waals surface area (Å²) in [4.78, 5) is 19.3. The molecule has 0 atom stereocenters. The third kappa shape index (κ3) is 3.30. The Morgan fingerprint density at radius 3 is 2.62 bits per heavy atom. The van der Waals surface area contributed by atoms with Gasteiger partial charge in [-0.1, -0.05) is 41.4 Å². The maximum Gasteiger partial charge on any atom is 0.228 e. The highest BCUT2D eigenvalue weighted by atomic mass is 35.5. The van der Waals surface area contributed by atoms with Crippen molar-refractivity contribution in [3.63, 3.8) is 0 Å². The van der Waals surface area contributed by atoms with E-state index >= 15 is 0 Å². The average Bonchev–Trinajstić information content (AvgIpc) is 3.01. The van der Waals surface area contributed by atoms with Crippen LogP contribution in [0.2, 0.25) is 5.15 Å². The van der Waals surface area contributed by atoms with Crippen molar-refractivity contribution in [1.82, 2.24) is 19.5 Å². The normalized spacial score (nSPS) is 14.8. The topological polar surface area (TPSA) is 59.7 Å². The van der Waals surface area contributed by atoms with Crippen molar-refractivity contribution in [2.24, 2.45) is 0 Å². The molecule has 3 heterocycles. The molecule has 0 bridgehead atoms. The first-order chi connectivity index (χ1) is 12.6. The monoisotopic (exact) mass is 370 g/mol. The lowest BCUT2D eigenvalue weighted by atomic mass is 10.1. The fourth-order valence-electron chi connectivity index (χ4n) is 3.13. The molecule has 1 saturated heterocycles. The number of hydrogen-bond acceptors (Lipinski definition) is 4. The van der Waals surface area contributed by atoms with Crippen molar-refractivity contribution in [2.75, 3.05) is 26.3 Å². The Hall–Kier alpha value is -2.44. The summed E-state index contributed by atoms with van der Waals surface area (Å²) in [6.07, 6.45) is 0.220. The molecule has 1 aromatic carbocycles. The second-order valence-corrected chi connectivity index (χ2v) is 6.76. The van der Waals surface area contributed by atoms with E-state index in [0.29, 0.717) is 37.1 Å². The number of carbonyl (C=O) groups is 1. The first-order valence-corrected chi connectivity index (χ1v) is 8.96. The minimum absolute atomic E-state index is 0.0465. The fourth-order valence-corrected chi connectivity index (χ4v) is 3.26. The Labute approximate surface area is 156 Å². The van der Waals surface area contributed by atoms with Gasteiger partial charge in [-0.3, -0.25) is 4.79 Å². The van der Waals surface area contributed by atoms with Crippen molar-refractivity contribution in [1.29, 1.82) is 0 Å². The molecular formula is C19H19ClN4O2. The van der Waals surface area contributed by atoms with Crippen molar-refractivity contribution >= 4 is 23.2 Å².